The molecule has 0 aliphatic carbocycles. The van der Waals surface area contributed by atoms with Crippen LogP contribution < -0.4 is 10.6 Å². The van der Waals surface area contributed by atoms with Crippen molar-refractivity contribution >= 4 is 17.3 Å². The third kappa shape index (κ3) is 5.92. The van der Waals surface area contributed by atoms with Crippen molar-refractivity contribution in [1.29, 1.82) is 0 Å². The lowest BCUT2D eigenvalue weighted by Crippen LogP contribution is -2.37. The molecule has 0 unspecified atom stereocenters. The fraction of sp³-hybridized carbons (Fsp3) is 0.444. The Morgan fingerprint density at radius 1 is 1.29 bits per heavy atom. The normalized spacial score (nSPS) is 11.6. The van der Waals surface area contributed by atoms with Crippen LogP contribution in [0.1, 0.15) is 34.5 Å². The molecule has 2 N–H and O–H groups in total. The number of guanidine groups is 1. The van der Waals surface area contributed by atoms with Gasteiger partial charge in [-0.2, -0.15) is 0 Å². The van der Waals surface area contributed by atoms with E-state index in [4.69, 9.17) is 0 Å². The minimum atomic E-state index is -0.176. The first-order valence-corrected chi connectivity index (χ1v) is 9.09. The molecule has 130 valence electrons. The number of aryl methyl sites for hydroxylation is 3. The Bertz CT molecular complexity index is 662. The molecule has 0 aliphatic rings. The van der Waals surface area contributed by atoms with E-state index < -0.39 is 0 Å². The van der Waals surface area contributed by atoms with Crippen LogP contribution in [-0.4, -0.2) is 24.0 Å². The van der Waals surface area contributed by atoms with Gasteiger partial charge in [0.25, 0.3) is 0 Å². The number of hydrogen-bond donors (Lipinski definition) is 2. The van der Waals surface area contributed by atoms with Gasteiger partial charge < -0.3 is 10.6 Å². The highest BCUT2D eigenvalue weighted by Crippen LogP contribution is 2.16. The van der Waals surface area contributed by atoms with Crippen LogP contribution in [0.15, 0.2) is 29.3 Å². The summed E-state index contributed by atoms with van der Waals surface area (Å²) in [6.07, 6.45) is 1.76. The van der Waals surface area contributed by atoms with Crippen LogP contribution in [0.3, 0.4) is 0 Å². The molecule has 0 saturated carbocycles. The van der Waals surface area contributed by atoms with Gasteiger partial charge in [0, 0.05) is 18.0 Å². The molecule has 1 aromatic carbocycles. The molecular formula is C18H25FN4S. The minimum Gasteiger partial charge on any atom is -0.357 e. The maximum atomic E-state index is 13.1. The molecule has 0 saturated heterocycles. The van der Waals surface area contributed by atoms with Gasteiger partial charge in [0.1, 0.15) is 10.8 Å². The average Bonchev–Trinajstić information content (AvgIpc) is 2.87. The van der Waals surface area contributed by atoms with Crippen LogP contribution in [0.2, 0.25) is 0 Å². The summed E-state index contributed by atoms with van der Waals surface area (Å²) in [6, 6.07) is 6.77. The van der Waals surface area contributed by atoms with Crippen LogP contribution in [0.5, 0.6) is 0 Å². The highest BCUT2D eigenvalue weighted by atomic mass is 32.1. The van der Waals surface area contributed by atoms with Crippen LogP contribution in [0.25, 0.3) is 0 Å². The van der Waals surface area contributed by atoms with Crippen LogP contribution in [0.4, 0.5) is 4.39 Å². The van der Waals surface area contributed by atoms with Crippen molar-refractivity contribution in [2.24, 2.45) is 4.99 Å². The smallest absolute Gasteiger partial charge is 0.191 e. The Balaban J connectivity index is 1.80. The standard InChI is InChI=1S/C18H25FN4S/c1-4-20-18(22-12-17-23-13(2)14(3)24-17)21-10-6-8-15-7-5-9-16(19)11-15/h5,7,9,11H,4,6,8,10,12H2,1-3H3,(H2,20,21,22). The molecule has 0 spiro atoms. The molecule has 0 atom stereocenters. The first-order valence-electron chi connectivity index (χ1n) is 8.28. The molecule has 6 heteroatoms. The van der Waals surface area contributed by atoms with E-state index in [-0.39, 0.29) is 5.82 Å². The third-order valence-electron chi connectivity index (χ3n) is 3.61. The Morgan fingerprint density at radius 2 is 2.12 bits per heavy atom. The predicted octanol–water partition coefficient (Wildman–Crippen LogP) is 3.59. The predicted molar refractivity (Wildman–Crippen MR) is 99.1 cm³/mol. The Hall–Kier alpha value is -1.95. The van der Waals surface area contributed by atoms with E-state index in [0.717, 1.165) is 48.2 Å². The van der Waals surface area contributed by atoms with Gasteiger partial charge in [0.2, 0.25) is 0 Å². The molecule has 0 bridgehead atoms. The van der Waals surface area contributed by atoms with Crippen molar-refractivity contribution in [3.8, 4) is 0 Å². The van der Waals surface area contributed by atoms with Crippen LogP contribution in [-0.2, 0) is 13.0 Å². The van der Waals surface area contributed by atoms with Crippen LogP contribution in [0, 0.1) is 19.7 Å². The second-order valence-electron chi connectivity index (χ2n) is 5.60. The second-order valence-corrected chi connectivity index (χ2v) is 6.89. The molecule has 4 nitrogen and oxygen atoms in total. The average molecular weight is 348 g/mol. The summed E-state index contributed by atoms with van der Waals surface area (Å²) < 4.78 is 13.1. The summed E-state index contributed by atoms with van der Waals surface area (Å²) in [4.78, 5) is 10.3. The lowest BCUT2D eigenvalue weighted by Gasteiger charge is -2.11. The molecule has 1 heterocycles. The highest BCUT2D eigenvalue weighted by molar-refractivity contribution is 7.11. The van der Waals surface area contributed by atoms with E-state index in [9.17, 15) is 4.39 Å². The summed E-state index contributed by atoms with van der Waals surface area (Å²) in [5.41, 5.74) is 2.10. The Morgan fingerprint density at radius 3 is 2.79 bits per heavy atom. The number of thiazole rings is 1. The van der Waals surface area contributed by atoms with Gasteiger partial charge in [0.05, 0.1) is 12.2 Å². The summed E-state index contributed by atoms with van der Waals surface area (Å²) in [6.45, 7) is 8.33. The second kappa shape index (κ2) is 9.37. The number of nitrogens with zero attached hydrogens (tertiary/aromatic N) is 2. The fourth-order valence-electron chi connectivity index (χ4n) is 2.29. The van der Waals surface area contributed by atoms with Crippen LogP contribution >= 0.6 is 11.3 Å². The maximum absolute atomic E-state index is 13.1. The molecule has 1 aromatic heterocycles. The number of aliphatic imine (C=N–C) groups is 1. The van der Waals surface area contributed by atoms with E-state index >= 15 is 0 Å². The van der Waals surface area contributed by atoms with E-state index in [0.29, 0.717) is 6.54 Å². The molecule has 0 fully saturated rings. The summed E-state index contributed by atoms with van der Waals surface area (Å²) in [7, 11) is 0. The number of halogens is 1. The van der Waals surface area contributed by atoms with Gasteiger partial charge in [-0.15, -0.1) is 11.3 Å². The third-order valence-corrected chi connectivity index (χ3v) is 4.67. The lowest BCUT2D eigenvalue weighted by atomic mass is 10.1. The number of aromatic nitrogens is 1. The van der Waals surface area contributed by atoms with E-state index in [1.807, 2.05) is 19.9 Å². The maximum Gasteiger partial charge on any atom is 0.191 e. The Labute approximate surface area is 147 Å². The van der Waals surface area contributed by atoms with Crippen molar-refractivity contribution in [2.45, 2.75) is 40.2 Å². The summed E-state index contributed by atoms with van der Waals surface area (Å²) >= 11 is 1.69. The topological polar surface area (TPSA) is 49.3 Å². The highest BCUT2D eigenvalue weighted by Gasteiger charge is 2.04. The van der Waals surface area contributed by atoms with Gasteiger partial charge >= 0.3 is 0 Å². The quantitative estimate of drug-likeness (QED) is 0.457. The monoisotopic (exact) mass is 348 g/mol. The van der Waals surface area contributed by atoms with E-state index in [1.54, 1.807) is 23.5 Å². The van der Waals surface area contributed by atoms with E-state index in [2.05, 4.69) is 27.5 Å². The fourth-order valence-corrected chi connectivity index (χ4v) is 3.15. The zero-order valence-corrected chi connectivity index (χ0v) is 15.3. The largest absolute Gasteiger partial charge is 0.357 e. The SMILES string of the molecule is CCNC(=NCc1nc(C)c(C)s1)NCCCc1cccc(F)c1. The van der Waals surface area contributed by atoms with Gasteiger partial charge in [-0.25, -0.2) is 14.4 Å². The number of benzene rings is 1. The van der Waals surface area contributed by atoms with E-state index in [1.165, 1.54) is 10.9 Å². The van der Waals surface area contributed by atoms with Gasteiger partial charge in [-0.1, -0.05) is 12.1 Å². The van der Waals surface area contributed by atoms with Gasteiger partial charge in [-0.05, 0) is 51.3 Å². The zero-order valence-electron chi connectivity index (χ0n) is 14.5. The molecule has 2 rings (SSSR count). The van der Waals surface area contributed by atoms with Crippen molar-refractivity contribution in [3.63, 3.8) is 0 Å². The zero-order chi connectivity index (χ0) is 17.4. The molecule has 2 aromatic rings. The first kappa shape index (κ1) is 18.4. The van der Waals surface area contributed by atoms with Gasteiger partial charge in [-0.3, -0.25) is 0 Å². The molecule has 0 radical (unpaired) electrons. The molecular weight excluding hydrogens is 323 g/mol. The first-order chi connectivity index (χ1) is 11.6. The summed E-state index contributed by atoms with van der Waals surface area (Å²) in [5.74, 6) is 0.617. The Kier molecular flexibility index (Phi) is 7.18. The van der Waals surface area contributed by atoms with Crippen molar-refractivity contribution in [1.82, 2.24) is 15.6 Å². The molecule has 24 heavy (non-hydrogen) atoms. The molecule has 0 amide bonds. The number of hydrogen-bond acceptors (Lipinski definition) is 3. The van der Waals surface area contributed by atoms with Crippen molar-refractivity contribution in [3.05, 3.63) is 51.2 Å². The summed E-state index contributed by atoms with van der Waals surface area (Å²) in [5, 5.41) is 7.59. The van der Waals surface area contributed by atoms with Crippen molar-refractivity contribution < 1.29 is 4.39 Å². The van der Waals surface area contributed by atoms with Gasteiger partial charge in [0.15, 0.2) is 5.96 Å². The van der Waals surface area contributed by atoms with Crippen molar-refractivity contribution in [2.75, 3.05) is 13.1 Å². The molecule has 0 aliphatic heterocycles. The minimum absolute atomic E-state index is 0.176. The lowest BCUT2D eigenvalue weighted by molar-refractivity contribution is 0.624. The number of nitrogens with one attached hydrogen (secondary N) is 2. The number of rotatable bonds is 7.